The topological polar surface area (TPSA) is 16.1 Å². The number of pyridine rings is 1. The molecule has 76 valence electrons. The van der Waals surface area contributed by atoms with Gasteiger partial charge in [0, 0.05) is 19.3 Å². The molecular weight excluding hydrogens is 203 g/mol. The molecule has 0 saturated carbocycles. The maximum absolute atomic E-state index is 13.3. The Balaban J connectivity index is 2.21. The fraction of sp³-hybridized carbons (Fsp3) is 0.500. The van der Waals surface area contributed by atoms with Crippen LogP contribution in [0.5, 0.6) is 0 Å². The molecule has 0 bridgehead atoms. The van der Waals surface area contributed by atoms with Crippen molar-refractivity contribution < 1.29 is 4.39 Å². The maximum atomic E-state index is 13.3. The summed E-state index contributed by atoms with van der Waals surface area (Å²) in [7, 11) is 0. The molecule has 14 heavy (non-hydrogen) atoms. The molecule has 1 aliphatic heterocycles. The fourth-order valence-electron chi connectivity index (χ4n) is 1.75. The van der Waals surface area contributed by atoms with Crippen LogP contribution >= 0.6 is 11.6 Å². The van der Waals surface area contributed by atoms with E-state index >= 15 is 0 Å². The van der Waals surface area contributed by atoms with Gasteiger partial charge in [-0.2, -0.15) is 0 Å². The summed E-state index contributed by atoms with van der Waals surface area (Å²) < 4.78 is 13.3. The Morgan fingerprint density at radius 3 is 2.93 bits per heavy atom. The van der Waals surface area contributed by atoms with Gasteiger partial charge in [0.25, 0.3) is 0 Å². The average molecular weight is 215 g/mol. The summed E-state index contributed by atoms with van der Waals surface area (Å²) in [5, 5.41) is 0.113. The van der Waals surface area contributed by atoms with Crippen molar-refractivity contribution in [3.63, 3.8) is 0 Å². The highest BCUT2D eigenvalue weighted by molar-refractivity contribution is 6.21. The summed E-state index contributed by atoms with van der Waals surface area (Å²) in [6, 6.07) is 1.69. The quantitative estimate of drug-likeness (QED) is 0.667. The second kappa shape index (κ2) is 3.73. The smallest absolute Gasteiger partial charge is 0.164 e. The highest BCUT2D eigenvalue weighted by Crippen LogP contribution is 2.28. The molecule has 1 fully saturated rings. The number of hydrogen-bond donors (Lipinski definition) is 0. The van der Waals surface area contributed by atoms with Crippen molar-refractivity contribution >= 4 is 17.3 Å². The van der Waals surface area contributed by atoms with Crippen LogP contribution in [0.15, 0.2) is 18.5 Å². The molecule has 1 saturated heterocycles. The van der Waals surface area contributed by atoms with E-state index in [1.54, 1.807) is 12.3 Å². The highest BCUT2D eigenvalue weighted by atomic mass is 35.5. The van der Waals surface area contributed by atoms with E-state index in [1.807, 2.05) is 4.90 Å². The number of aromatic nitrogens is 1. The molecule has 0 radical (unpaired) electrons. The maximum Gasteiger partial charge on any atom is 0.164 e. The molecule has 2 atom stereocenters. The largest absolute Gasteiger partial charge is 0.367 e. The monoisotopic (exact) mass is 214 g/mol. The number of halogens is 2. The minimum atomic E-state index is -0.273. The minimum absolute atomic E-state index is 0.113. The SMILES string of the molecule is CC1CN(c2ccncc2F)CC1Cl. The highest BCUT2D eigenvalue weighted by Gasteiger charge is 2.29. The predicted molar refractivity (Wildman–Crippen MR) is 55.2 cm³/mol. The lowest BCUT2D eigenvalue weighted by Crippen LogP contribution is -2.21. The van der Waals surface area contributed by atoms with E-state index in [9.17, 15) is 4.39 Å². The molecule has 2 heterocycles. The number of alkyl halides is 1. The molecule has 0 spiro atoms. The molecule has 2 nitrogen and oxygen atoms in total. The lowest BCUT2D eigenvalue weighted by atomic mass is 10.1. The van der Waals surface area contributed by atoms with Crippen molar-refractivity contribution in [1.29, 1.82) is 0 Å². The molecule has 4 heteroatoms. The first-order chi connectivity index (χ1) is 6.68. The Morgan fingerprint density at radius 2 is 2.36 bits per heavy atom. The van der Waals surface area contributed by atoms with Crippen LogP contribution in [0.1, 0.15) is 6.92 Å². The summed E-state index contributed by atoms with van der Waals surface area (Å²) in [6.45, 7) is 3.61. The Kier molecular flexibility index (Phi) is 2.59. The van der Waals surface area contributed by atoms with Crippen LogP contribution in [0.3, 0.4) is 0 Å². The van der Waals surface area contributed by atoms with E-state index in [2.05, 4.69) is 11.9 Å². The van der Waals surface area contributed by atoms with Gasteiger partial charge in [0.1, 0.15) is 0 Å². The van der Waals surface area contributed by atoms with E-state index < -0.39 is 0 Å². The first kappa shape index (κ1) is 9.71. The molecule has 1 aromatic heterocycles. The summed E-state index contributed by atoms with van der Waals surface area (Å²) in [4.78, 5) is 5.69. The van der Waals surface area contributed by atoms with Crippen molar-refractivity contribution in [3.8, 4) is 0 Å². The molecule has 1 aliphatic rings. The van der Waals surface area contributed by atoms with Crippen molar-refractivity contribution in [1.82, 2.24) is 4.98 Å². The average Bonchev–Trinajstić information content (AvgIpc) is 2.48. The second-order valence-corrected chi connectivity index (χ2v) is 4.29. The molecular formula is C10H12ClFN2. The fourth-order valence-corrected chi connectivity index (χ4v) is 1.99. The summed E-state index contributed by atoms with van der Waals surface area (Å²) in [5.41, 5.74) is 0.606. The molecule has 2 rings (SSSR count). The van der Waals surface area contributed by atoms with Crippen LogP contribution in [0.4, 0.5) is 10.1 Å². The van der Waals surface area contributed by atoms with Crippen LogP contribution in [0.25, 0.3) is 0 Å². The van der Waals surface area contributed by atoms with Gasteiger partial charge in [0.05, 0.1) is 17.3 Å². The molecule has 0 aliphatic carbocycles. The van der Waals surface area contributed by atoms with Gasteiger partial charge in [-0.05, 0) is 12.0 Å². The van der Waals surface area contributed by atoms with Crippen LogP contribution in [0.2, 0.25) is 0 Å². The van der Waals surface area contributed by atoms with Crippen LogP contribution in [0, 0.1) is 11.7 Å². The Morgan fingerprint density at radius 1 is 1.57 bits per heavy atom. The molecule has 2 unspecified atom stereocenters. The van der Waals surface area contributed by atoms with Gasteiger partial charge in [-0.3, -0.25) is 4.98 Å². The Hall–Kier alpha value is -0.830. The predicted octanol–water partition coefficient (Wildman–Crippen LogP) is 2.28. The van der Waals surface area contributed by atoms with Gasteiger partial charge >= 0.3 is 0 Å². The van der Waals surface area contributed by atoms with Crippen molar-refractivity contribution in [3.05, 3.63) is 24.3 Å². The Labute approximate surface area is 87.7 Å². The van der Waals surface area contributed by atoms with Gasteiger partial charge < -0.3 is 4.90 Å². The number of rotatable bonds is 1. The molecule has 0 N–H and O–H groups in total. The van der Waals surface area contributed by atoms with E-state index in [1.165, 1.54) is 6.20 Å². The third-order valence-corrected chi connectivity index (χ3v) is 3.18. The van der Waals surface area contributed by atoms with Crippen molar-refractivity contribution in [2.75, 3.05) is 18.0 Å². The normalized spacial score (nSPS) is 26.9. The lowest BCUT2D eigenvalue weighted by molar-refractivity contribution is 0.614. The van der Waals surface area contributed by atoms with Crippen molar-refractivity contribution in [2.45, 2.75) is 12.3 Å². The minimum Gasteiger partial charge on any atom is -0.367 e. The summed E-state index contributed by atoms with van der Waals surface area (Å²) in [6.07, 6.45) is 2.84. The van der Waals surface area contributed by atoms with Gasteiger partial charge in [-0.25, -0.2) is 4.39 Å². The summed E-state index contributed by atoms with van der Waals surface area (Å²) in [5.74, 6) is 0.134. The van der Waals surface area contributed by atoms with Gasteiger partial charge in [-0.1, -0.05) is 6.92 Å². The Bertz CT molecular complexity index is 322. The van der Waals surface area contributed by atoms with E-state index in [-0.39, 0.29) is 11.2 Å². The van der Waals surface area contributed by atoms with E-state index in [0.717, 1.165) is 6.54 Å². The third-order valence-electron chi connectivity index (χ3n) is 2.61. The number of hydrogen-bond acceptors (Lipinski definition) is 2. The van der Waals surface area contributed by atoms with Crippen LogP contribution in [-0.2, 0) is 0 Å². The number of anilines is 1. The zero-order valence-electron chi connectivity index (χ0n) is 7.95. The number of nitrogens with zero attached hydrogens (tertiary/aromatic N) is 2. The zero-order valence-corrected chi connectivity index (χ0v) is 8.71. The van der Waals surface area contributed by atoms with Gasteiger partial charge in [-0.15, -0.1) is 11.6 Å². The van der Waals surface area contributed by atoms with Gasteiger partial charge in [0.15, 0.2) is 5.82 Å². The van der Waals surface area contributed by atoms with Crippen LogP contribution in [-0.4, -0.2) is 23.5 Å². The standard InChI is InChI=1S/C10H12ClFN2/c1-7-5-14(6-8(7)11)10-2-3-13-4-9(10)12/h2-4,7-8H,5-6H2,1H3. The third kappa shape index (κ3) is 1.69. The first-order valence-corrected chi connectivity index (χ1v) is 5.10. The molecule has 1 aromatic rings. The first-order valence-electron chi connectivity index (χ1n) is 4.67. The lowest BCUT2D eigenvalue weighted by Gasteiger charge is -2.18. The van der Waals surface area contributed by atoms with Crippen LogP contribution < -0.4 is 4.90 Å². The second-order valence-electron chi connectivity index (χ2n) is 3.73. The van der Waals surface area contributed by atoms with E-state index in [4.69, 9.17) is 11.6 Å². The summed E-state index contributed by atoms with van der Waals surface area (Å²) >= 11 is 6.08. The molecule has 0 aromatic carbocycles. The van der Waals surface area contributed by atoms with Crippen molar-refractivity contribution in [2.24, 2.45) is 5.92 Å². The van der Waals surface area contributed by atoms with E-state index in [0.29, 0.717) is 18.2 Å². The zero-order chi connectivity index (χ0) is 10.1. The van der Waals surface area contributed by atoms with Gasteiger partial charge in [0.2, 0.25) is 0 Å². The molecule has 0 amide bonds.